The molecule has 0 spiro atoms. The summed E-state index contributed by atoms with van der Waals surface area (Å²) in [5, 5.41) is 0.789. The lowest BCUT2D eigenvalue weighted by atomic mass is 10.1. The van der Waals surface area contributed by atoms with Gasteiger partial charge in [-0.15, -0.1) is 0 Å². The van der Waals surface area contributed by atoms with Gasteiger partial charge in [-0.05, 0) is 12.1 Å². The lowest BCUT2D eigenvalue weighted by Crippen LogP contribution is -1.83. The van der Waals surface area contributed by atoms with Crippen molar-refractivity contribution < 1.29 is 4.39 Å². The first-order chi connectivity index (χ1) is 7.83. The van der Waals surface area contributed by atoms with Gasteiger partial charge in [-0.2, -0.15) is 4.39 Å². The largest absolute Gasteiger partial charge is 0.316 e. The summed E-state index contributed by atoms with van der Waals surface area (Å²) in [6.07, 6.45) is 0. The van der Waals surface area contributed by atoms with Gasteiger partial charge in [-0.25, -0.2) is 4.98 Å². The molecule has 0 aliphatic heterocycles. The number of halogens is 1. The molecule has 0 saturated carbocycles. The summed E-state index contributed by atoms with van der Waals surface area (Å²) in [7, 11) is 0. The van der Waals surface area contributed by atoms with Gasteiger partial charge in [0.05, 0.1) is 5.69 Å². The molecule has 0 aliphatic rings. The standard InChI is InChI=1S/C13H9FN2/c14-12-8-10-6-7-11(15-13(10)16-12)9-4-2-1-3-5-9/h1-8H,(H,15,16). The number of hydrogen-bond donors (Lipinski definition) is 1. The van der Waals surface area contributed by atoms with E-state index in [2.05, 4.69) is 9.97 Å². The van der Waals surface area contributed by atoms with E-state index in [1.165, 1.54) is 6.07 Å². The van der Waals surface area contributed by atoms with Crippen LogP contribution in [0.2, 0.25) is 0 Å². The lowest BCUT2D eigenvalue weighted by molar-refractivity contribution is 0.594. The molecule has 2 aromatic heterocycles. The van der Waals surface area contributed by atoms with Crippen molar-refractivity contribution in [2.45, 2.75) is 0 Å². The van der Waals surface area contributed by atoms with Crippen molar-refractivity contribution in [3.63, 3.8) is 0 Å². The maximum absolute atomic E-state index is 13.0. The van der Waals surface area contributed by atoms with Crippen LogP contribution in [0.5, 0.6) is 0 Å². The van der Waals surface area contributed by atoms with Crippen molar-refractivity contribution in [2.24, 2.45) is 0 Å². The Morgan fingerprint density at radius 2 is 1.81 bits per heavy atom. The van der Waals surface area contributed by atoms with Crippen LogP contribution >= 0.6 is 0 Å². The van der Waals surface area contributed by atoms with Crippen molar-refractivity contribution in [2.75, 3.05) is 0 Å². The number of fused-ring (bicyclic) bond motifs is 1. The molecule has 3 aromatic rings. The maximum atomic E-state index is 13.0. The molecule has 16 heavy (non-hydrogen) atoms. The lowest BCUT2D eigenvalue weighted by Gasteiger charge is -1.99. The molecule has 3 rings (SSSR count). The van der Waals surface area contributed by atoms with Gasteiger partial charge in [0.25, 0.3) is 0 Å². The average Bonchev–Trinajstić information content (AvgIpc) is 2.69. The molecule has 3 heteroatoms. The van der Waals surface area contributed by atoms with Crippen LogP contribution in [-0.4, -0.2) is 9.97 Å². The number of pyridine rings is 1. The molecule has 0 atom stereocenters. The van der Waals surface area contributed by atoms with Gasteiger partial charge in [0.1, 0.15) is 5.65 Å². The monoisotopic (exact) mass is 212 g/mol. The van der Waals surface area contributed by atoms with Gasteiger partial charge in [0, 0.05) is 17.0 Å². The number of hydrogen-bond acceptors (Lipinski definition) is 1. The molecule has 0 fully saturated rings. The molecule has 0 bridgehead atoms. The molecule has 0 saturated heterocycles. The van der Waals surface area contributed by atoms with Gasteiger partial charge in [-0.1, -0.05) is 30.3 Å². The fourth-order valence-corrected chi connectivity index (χ4v) is 1.74. The van der Waals surface area contributed by atoms with Gasteiger partial charge < -0.3 is 4.98 Å². The highest BCUT2D eigenvalue weighted by molar-refractivity contribution is 5.78. The zero-order valence-electron chi connectivity index (χ0n) is 8.44. The summed E-state index contributed by atoms with van der Waals surface area (Å²) in [5.41, 5.74) is 2.45. The normalized spacial score (nSPS) is 10.8. The molecule has 1 N–H and O–H groups in total. The van der Waals surface area contributed by atoms with Crippen LogP contribution in [0.15, 0.2) is 48.5 Å². The second kappa shape index (κ2) is 3.45. The second-order valence-electron chi connectivity index (χ2n) is 3.62. The van der Waals surface area contributed by atoms with E-state index in [-0.39, 0.29) is 5.95 Å². The Bertz CT molecular complexity index is 629. The Morgan fingerprint density at radius 1 is 1.00 bits per heavy atom. The van der Waals surface area contributed by atoms with Crippen LogP contribution in [0, 0.1) is 5.95 Å². The topological polar surface area (TPSA) is 28.7 Å². The highest BCUT2D eigenvalue weighted by Crippen LogP contribution is 2.20. The number of nitrogens with zero attached hydrogens (tertiary/aromatic N) is 1. The van der Waals surface area contributed by atoms with Gasteiger partial charge >= 0.3 is 0 Å². The van der Waals surface area contributed by atoms with E-state index in [4.69, 9.17) is 0 Å². The molecule has 0 amide bonds. The predicted octanol–water partition coefficient (Wildman–Crippen LogP) is 3.37. The number of nitrogens with one attached hydrogen (secondary N) is 1. The molecular formula is C13H9FN2. The van der Waals surface area contributed by atoms with Crippen molar-refractivity contribution in [3.8, 4) is 11.3 Å². The van der Waals surface area contributed by atoms with E-state index in [1.807, 2.05) is 42.5 Å². The van der Waals surface area contributed by atoms with E-state index in [0.29, 0.717) is 5.65 Å². The van der Waals surface area contributed by atoms with E-state index in [9.17, 15) is 4.39 Å². The smallest absolute Gasteiger partial charge is 0.193 e. The van der Waals surface area contributed by atoms with Crippen molar-refractivity contribution in [1.82, 2.24) is 9.97 Å². The van der Waals surface area contributed by atoms with E-state index in [0.717, 1.165) is 16.6 Å². The average molecular weight is 212 g/mol. The zero-order valence-corrected chi connectivity index (χ0v) is 8.44. The number of H-pyrrole nitrogens is 1. The fraction of sp³-hybridized carbons (Fsp3) is 0. The molecule has 0 unspecified atom stereocenters. The molecule has 0 radical (unpaired) electrons. The third kappa shape index (κ3) is 1.46. The van der Waals surface area contributed by atoms with Crippen LogP contribution in [0.3, 0.4) is 0 Å². The predicted molar refractivity (Wildman–Crippen MR) is 61.5 cm³/mol. The van der Waals surface area contributed by atoms with Crippen molar-refractivity contribution >= 4 is 11.0 Å². The summed E-state index contributed by atoms with van der Waals surface area (Å²) < 4.78 is 13.0. The fourth-order valence-electron chi connectivity index (χ4n) is 1.74. The first-order valence-corrected chi connectivity index (χ1v) is 5.03. The minimum Gasteiger partial charge on any atom is -0.316 e. The minimum absolute atomic E-state index is 0.354. The Kier molecular flexibility index (Phi) is 1.96. The second-order valence-corrected chi connectivity index (χ2v) is 3.62. The number of rotatable bonds is 1. The highest BCUT2D eigenvalue weighted by atomic mass is 19.1. The third-order valence-corrected chi connectivity index (χ3v) is 2.52. The summed E-state index contributed by atoms with van der Waals surface area (Å²) >= 11 is 0. The van der Waals surface area contributed by atoms with E-state index >= 15 is 0 Å². The number of aromatic amines is 1. The molecule has 2 nitrogen and oxygen atoms in total. The molecular weight excluding hydrogens is 203 g/mol. The number of benzene rings is 1. The third-order valence-electron chi connectivity index (χ3n) is 2.52. The molecule has 2 heterocycles. The summed E-state index contributed by atoms with van der Waals surface area (Å²) in [4.78, 5) is 6.96. The van der Waals surface area contributed by atoms with Crippen molar-refractivity contribution in [1.29, 1.82) is 0 Å². The van der Waals surface area contributed by atoms with Gasteiger partial charge in [-0.3, -0.25) is 0 Å². The minimum atomic E-state index is -0.354. The Hall–Kier alpha value is -2.16. The van der Waals surface area contributed by atoms with Crippen LogP contribution in [0.4, 0.5) is 4.39 Å². The van der Waals surface area contributed by atoms with E-state index in [1.54, 1.807) is 0 Å². The SMILES string of the molecule is Fc1cc2ccc(-c3ccccc3)nc2[nH]1. The first-order valence-electron chi connectivity index (χ1n) is 5.03. The van der Waals surface area contributed by atoms with E-state index < -0.39 is 0 Å². The highest BCUT2D eigenvalue weighted by Gasteiger charge is 2.03. The van der Waals surface area contributed by atoms with Crippen LogP contribution in [0.1, 0.15) is 0 Å². The summed E-state index contributed by atoms with van der Waals surface area (Å²) in [5.74, 6) is -0.354. The number of aromatic nitrogens is 2. The molecule has 78 valence electrons. The summed E-state index contributed by atoms with van der Waals surface area (Å²) in [6, 6.07) is 15.0. The van der Waals surface area contributed by atoms with Gasteiger partial charge in [0.2, 0.25) is 0 Å². The quantitative estimate of drug-likeness (QED) is 0.658. The van der Waals surface area contributed by atoms with Crippen molar-refractivity contribution in [3.05, 3.63) is 54.5 Å². The Morgan fingerprint density at radius 3 is 2.62 bits per heavy atom. The summed E-state index contributed by atoms with van der Waals surface area (Å²) in [6.45, 7) is 0. The Labute approximate surface area is 91.8 Å². The maximum Gasteiger partial charge on any atom is 0.193 e. The van der Waals surface area contributed by atoms with Crippen LogP contribution < -0.4 is 0 Å². The zero-order chi connectivity index (χ0) is 11.0. The molecule has 0 aliphatic carbocycles. The molecule has 1 aromatic carbocycles. The van der Waals surface area contributed by atoms with Gasteiger partial charge in [0.15, 0.2) is 5.95 Å². The first kappa shape index (κ1) is 9.09. The Balaban J connectivity index is 2.18. The van der Waals surface area contributed by atoms with Crippen LogP contribution in [-0.2, 0) is 0 Å². The van der Waals surface area contributed by atoms with Crippen LogP contribution in [0.25, 0.3) is 22.3 Å².